The average Bonchev–Trinajstić information content (AvgIpc) is 2.94. The quantitative estimate of drug-likeness (QED) is 0.748. The summed E-state index contributed by atoms with van der Waals surface area (Å²) in [6, 6.07) is 7.68. The molecule has 2 aromatic heterocycles. The minimum atomic E-state index is -0.527. The third-order valence-electron chi connectivity index (χ3n) is 3.75. The lowest BCUT2D eigenvalue weighted by molar-refractivity contribution is -0.115. The Hall–Kier alpha value is -3.09. The molecular weight excluding hydrogens is 296 g/mol. The van der Waals surface area contributed by atoms with Crippen molar-refractivity contribution in [1.29, 1.82) is 0 Å². The second kappa shape index (κ2) is 5.60. The second-order valence-corrected chi connectivity index (χ2v) is 5.38. The number of carbonyl (C=O) groups excluding carboxylic acids is 1. The number of amides is 1. The minimum absolute atomic E-state index is 0.0828. The predicted octanol–water partition coefficient (Wildman–Crippen LogP) is 0.746. The summed E-state index contributed by atoms with van der Waals surface area (Å²) in [5.41, 5.74) is 0.914. The van der Waals surface area contributed by atoms with Crippen molar-refractivity contribution in [2.45, 2.75) is 6.42 Å². The molecule has 7 heteroatoms. The van der Waals surface area contributed by atoms with E-state index in [1.54, 1.807) is 6.20 Å². The fraction of sp³-hybridized carbons (Fsp3) is 0.188. The molecule has 0 saturated heterocycles. The molecule has 0 unspecified atom stereocenters. The average molecular weight is 312 g/mol. The predicted molar refractivity (Wildman–Crippen MR) is 87.6 cm³/mol. The number of aromatic amines is 1. The van der Waals surface area contributed by atoms with Crippen LogP contribution >= 0.6 is 0 Å². The fourth-order valence-corrected chi connectivity index (χ4v) is 2.54. The van der Waals surface area contributed by atoms with E-state index < -0.39 is 11.2 Å². The third kappa shape index (κ3) is 2.68. The molecule has 118 valence electrons. The summed E-state index contributed by atoms with van der Waals surface area (Å²) >= 11 is 0. The first kappa shape index (κ1) is 14.8. The van der Waals surface area contributed by atoms with Gasteiger partial charge in [-0.1, -0.05) is 18.2 Å². The van der Waals surface area contributed by atoms with Gasteiger partial charge in [-0.25, -0.2) is 4.79 Å². The highest BCUT2D eigenvalue weighted by Crippen LogP contribution is 2.18. The minimum Gasteiger partial charge on any atom is -0.361 e. The molecule has 0 fully saturated rings. The first-order chi connectivity index (χ1) is 11.0. The maximum Gasteiger partial charge on any atom is 0.330 e. The van der Waals surface area contributed by atoms with Crippen LogP contribution in [0.2, 0.25) is 0 Å². The molecule has 0 saturated carbocycles. The van der Waals surface area contributed by atoms with Crippen molar-refractivity contribution in [3.63, 3.8) is 0 Å². The van der Waals surface area contributed by atoms with Crippen molar-refractivity contribution in [2.24, 2.45) is 14.1 Å². The smallest absolute Gasteiger partial charge is 0.330 e. The van der Waals surface area contributed by atoms with E-state index in [0.717, 1.165) is 21.0 Å². The van der Waals surface area contributed by atoms with Gasteiger partial charge in [0, 0.05) is 37.4 Å². The van der Waals surface area contributed by atoms with Crippen LogP contribution in [0.5, 0.6) is 0 Å². The number of H-pyrrole nitrogens is 1. The molecule has 0 aliphatic heterocycles. The van der Waals surface area contributed by atoms with Crippen LogP contribution in [0.3, 0.4) is 0 Å². The molecule has 1 aromatic carbocycles. The zero-order valence-corrected chi connectivity index (χ0v) is 12.8. The van der Waals surface area contributed by atoms with Crippen molar-refractivity contribution in [3.05, 3.63) is 63.1 Å². The summed E-state index contributed by atoms with van der Waals surface area (Å²) < 4.78 is 2.21. The standard InChI is InChI=1S/C16H16N4O3/c1-19-9-13(15(22)20(2)16(19)23)18-14(21)7-10-8-17-12-6-4-3-5-11(10)12/h3-6,8-9,17H,7H2,1-2H3,(H,18,21). The number of hydrogen-bond acceptors (Lipinski definition) is 3. The van der Waals surface area contributed by atoms with Gasteiger partial charge >= 0.3 is 5.69 Å². The molecule has 2 N–H and O–H groups in total. The molecule has 0 atom stereocenters. The van der Waals surface area contributed by atoms with E-state index in [2.05, 4.69) is 10.3 Å². The van der Waals surface area contributed by atoms with Gasteiger partial charge in [0.2, 0.25) is 5.91 Å². The van der Waals surface area contributed by atoms with E-state index in [4.69, 9.17) is 0 Å². The Morgan fingerprint density at radius 2 is 1.96 bits per heavy atom. The molecule has 0 aliphatic carbocycles. The van der Waals surface area contributed by atoms with E-state index in [9.17, 15) is 14.4 Å². The number of fused-ring (bicyclic) bond motifs is 1. The Morgan fingerprint density at radius 1 is 1.22 bits per heavy atom. The lowest BCUT2D eigenvalue weighted by atomic mass is 10.1. The van der Waals surface area contributed by atoms with Gasteiger partial charge in [0.1, 0.15) is 5.69 Å². The molecule has 3 rings (SSSR count). The van der Waals surface area contributed by atoms with Crippen LogP contribution in [-0.2, 0) is 25.3 Å². The largest absolute Gasteiger partial charge is 0.361 e. The number of hydrogen-bond donors (Lipinski definition) is 2. The van der Waals surface area contributed by atoms with Gasteiger partial charge in [-0.05, 0) is 11.6 Å². The van der Waals surface area contributed by atoms with Gasteiger partial charge in [-0.2, -0.15) is 0 Å². The highest BCUT2D eigenvalue weighted by molar-refractivity contribution is 5.95. The van der Waals surface area contributed by atoms with Gasteiger partial charge in [0.25, 0.3) is 5.56 Å². The number of para-hydroxylation sites is 1. The van der Waals surface area contributed by atoms with Crippen molar-refractivity contribution < 1.29 is 4.79 Å². The maximum absolute atomic E-state index is 12.2. The number of nitrogens with one attached hydrogen (secondary N) is 2. The summed E-state index contributed by atoms with van der Waals surface area (Å²) in [5, 5.41) is 3.54. The summed E-state index contributed by atoms with van der Waals surface area (Å²) in [7, 11) is 2.90. The maximum atomic E-state index is 12.2. The third-order valence-corrected chi connectivity index (χ3v) is 3.75. The molecule has 1 amide bonds. The zero-order valence-electron chi connectivity index (χ0n) is 12.8. The van der Waals surface area contributed by atoms with Crippen molar-refractivity contribution in [1.82, 2.24) is 14.1 Å². The Labute approximate surface area is 131 Å². The number of aryl methyl sites for hydroxylation is 1. The zero-order chi connectivity index (χ0) is 16.6. The SMILES string of the molecule is Cn1cc(NC(=O)Cc2c[nH]c3ccccc23)c(=O)n(C)c1=O. The van der Waals surface area contributed by atoms with Crippen LogP contribution in [0.15, 0.2) is 46.2 Å². The van der Waals surface area contributed by atoms with Gasteiger partial charge in [0.05, 0.1) is 6.42 Å². The van der Waals surface area contributed by atoms with Crippen LogP contribution in [0.1, 0.15) is 5.56 Å². The summed E-state index contributed by atoms with van der Waals surface area (Å²) in [5.74, 6) is -0.314. The van der Waals surface area contributed by atoms with Gasteiger partial charge in [-0.3, -0.25) is 14.2 Å². The van der Waals surface area contributed by atoms with Crippen LogP contribution in [-0.4, -0.2) is 20.0 Å². The van der Waals surface area contributed by atoms with Crippen LogP contribution in [0, 0.1) is 0 Å². The monoisotopic (exact) mass is 312 g/mol. The van der Waals surface area contributed by atoms with E-state index in [0.29, 0.717) is 0 Å². The molecule has 7 nitrogen and oxygen atoms in total. The summed E-state index contributed by atoms with van der Waals surface area (Å²) in [4.78, 5) is 39.0. The summed E-state index contributed by atoms with van der Waals surface area (Å²) in [6.07, 6.45) is 3.25. The number of carbonyl (C=O) groups is 1. The van der Waals surface area contributed by atoms with Crippen molar-refractivity contribution >= 4 is 22.5 Å². The van der Waals surface area contributed by atoms with E-state index in [1.165, 1.54) is 24.9 Å². The fourth-order valence-electron chi connectivity index (χ4n) is 2.54. The Morgan fingerprint density at radius 3 is 2.74 bits per heavy atom. The number of rotatable bonds is 3. The van der Waals surface area contributed by atoms with Crippen molar-refractivity contribution in [3.8, 4) is 0 Å². The topological polar surface area (TPSA) is 88.9 Å². The van der Waals surface area contributed by atoms with Crippen LogP contribution in [0.4, 0.5) is 5.69 Å². The molecule has 2 heterocycles. The van der Waals surface area contributed by atoms with Gasteiger partial charge in [0.15, 0.2) is 0 Å². The molecule has 3 aromatic rings. The van der Waals surface area contributed by atoms with Crippen molar-refractivity contribution in [2.75, 3.05) is 5.32 Å². The van der Waals surface area contributed by atoms with E-state index >= 15 is 0 Å². The highest BCUT2D eigenvalue weighted by Gasteiger charge is 2.12. The molecular formula is C16H16N4O3. The lowest BCUT2D eigenvalue weighted by Gasteiger charge is -2.08. The number of aromatic nitrogens is 3. The number of nitrogens with zero attached hydrogens (tertiary/aromatic N) is 2. The van der Waals surface area contributed by atoms with Gasteiger partial charge in [-0.15, -0.1) is 0 Å². The number of benzene rings is 1. The summed E-state index contributed by atoms with van der Waals surface area (Å²) in [6.45, 7) is 0. The molecule has 0 bridgehead atoms. The lowest BCUT2D eigenvalue weighted by Crippen LogP contribution is -2.38. The van der Waals surface area contributed by atoms with Crippen LogP contribution < -0.4 is 16.6 Å². The highest BCUT2D eigenvalue weighted by atomic mass is 16.2. The molecule has 23 heavy (non-hydrogen) atoms. The Balaban J connectivity index is 1.86. The molecule has 0 radical (unpaired) electrons. The molecule has 0 spiro atoms. The number of anilines is 1. The Kier molecular flexibility index (Phi) is 3.61. The first-order valence-electron chi connectivity index (χ1n) is 7.09. The van der Waals surface area contributed by atoms with E-state index in [-0.39, 0.29) is 18.0 Å². The molecule has 0 aliphatic rings. The Bertz CT molecular complexity index is 1010. The first-order valence-corrected chi connectivity index (χ1v) is 7.09. The van der Waals surface area contributed by atoms with Gasteiger partial charge < -0.3 is 14.9 Å². The second-order valence-electron chi connectivity index (χ2n) is 5.38. The van der Waals surface area contributed by atoms with Crippen LogP contribution in [0.25, 0.3) is 10.9 Å². The normalized spacial score (nSPS) is 10.9. The van der Waals surface area contributed by atoms with E-state index in [1.807, 2.05) is 24.3 Å².